The number of carbonyl (C=O) groups excluding carboxylic acids is 1. The first-order valence-electron chi connectivity index (χ1n) is 5.25. The van der Waals surface area contributed by atoms with Crippen LogP contribution in [0.15, 0.2) is 24.7 Å². The average molecular weight is 216 g/mol. The Kier molecular flexibility index (Phi) is 1.86. The normalized spacial score (nSPS) is 19.1. The van der Waals surface area contributed by atoms with E-state index in [0.717, 1.165) is 24.2 Å². The molecule has 2 aromatic heterocycles. The van der Waals surface area contributed by atoms with Crippen molar-refractivity contribution in [1.82, 2.24) is 9.38 Å². The van der Waals surface area contributed by atoms with Crippen molar-refractivity contribution in [1.29, 1.82) is 0 Å². The third-order valence-corrected chi connectivity index (χ3v) is 3.01. The van der Waals surface area contributed by atoms with Gasteiger partial charge >= 0.3 is 0 Å². The fraction of sp³-hybridized carbons (Fsp3) is 0.273. The van der Waals surface area contributed by atoms with Crippen LogP contribution in [0.25, 0.3) is 5.52 Å². The molecule has 82 valence electrons. The van der Waals surface area contributed by atoms with Gasteiger partial charge in [-0.25, -0.2) is 0 Å². The molecule has 5 heteroatoms. The van der Waals surface area contributed by atoms with E-state index in [0.29, 0.717) is 0 Å². The van der Waals surface area contributed by atoms with Crippen LogP contribution in [-0.4, -0.2) is 21.3 Å². The quantitative estimate of drug-likeness (QED) is 0.731. The zero-order valence-corrected chi connectivity index (χ0v) is 8.68. The number of amides is 1. The monoisotopic (exact) mass is 216 g/mol. The van der Waals surface area contributed by atoms with Crippen LogP contribution in [0.4, 0.5) is 5.82 Å². The minimum Gasteiger partial charge on any atom is -0.368 e. The van der Waals surface area contributed by atoms with Gasteiger partial charge in [0.1, 0.15) is 11.9 Å². The number of aryl methyl sites for hydroxylation is 1. The summed E-state index contributed by atoms with van der Waals surface area (Å²) in [6.07, 6.45) is 7.04. The number of hydrogen-bond donors (Lipinski definition) is 2. The molecule has 1 atom stereocenters. The average Bonchev–Trinajstić information content (AvgIpc) is 2.66. The molecular weight excluding hydrogens is 204 g/mol. The number of rotatable bonds is 1. The van der Waals surface area contributed by atoms with Crippen molar-refractivity contribution in [2.45, 2.75) is 18.9 Å². The highest BCUT2D eigenvalue weighted by molar-refractivity contribution is 5.84. The highest BCUT2D eigenvalue weighted by atomic mass is 16.1. The van der Waals surface area contributed by atoms with E-state index in [-0.39, 0.29) is 11.9 Å². The predicted octanol–water partition coefficient (Wildman–Crippen LogP) is 0.546. The first kappa shape index (κ1) is 9.21. The van der Waals surface area contributed by atoms with Crippen molar-refractivity contribution in [2.75, 3.05) is 5.32 Å². The van der Waals surface area contributed by atoms with Crippen molar-refractivity contribution in [2.24, 2.45) is 5.73 Å². The number of nitrogens with one attached hydrogen (secondary N) is 1. The lowest BCUT2D eigenvalue weighted by molar-refractivity contribution is -0.118. The Bertz CT molecular complexity index is 560. The topological polar surface area (TPSA) is 72.4 Å². The molecule has 0 saturated heterocycles. The largest absolute Gasteiger partial charge is 0.368 e. The maximum Gasteiger partial charge on any atom is 0.239 e. The summed E-state index contributed by atoms with van der Waals surface area (Å²) in [5.74, 6) is 0.669. The van der Waals surface area contributed by atoms with Gasteiger partial charge in [0, 0.05) is 12.4 Å². The molecule has 0 aromatic carbocycles. The number of nitrogens with two attached hydrogens (primary N) is 1. The maximum absolute atomic E-state index is 11.2. The van der Waals surface area contributed by atoms with Gasteiger partial charge in [-0.2, -0.15) is 0 Å². The number of anilines is 1. The standard InChI is InChI=1S/C11H12N4O/c12-10(16)9-2-1-7-5-8-6-13-3-4-15(8)11(7)14-9/h3-6,9,14H,1-2H2,(H2,12,16). The van der Waals surface area contributed by atoms with Gasteiger partial charge in [0.2, 0.25) is 5.91 Å². The molecule has 0 spiro atoms. The summed E-state index contributed by atoms with van der Waals surface area (Å²) in [4.78, 5) is 15.2. The van der Waals surface area contributed by atoms with E-state index in [1.165, 1.54) is 5.56 Å². The van der Waals surface area contributed by atoms with Crippen molar-refractivity contribution < 1.29 is 4.79 Å². The second-order valence-corrected chi connectivity index (χ2v) is 4.03. The van der Waals surface area contributed by atoms with E-state index in [9.17, 15) is 4.79 Å². The van der Waals surface area contributed by atoms with Crippen molar-refractivity contribution in [3.05, 3.63) is 30.2 Å². The van der Waals surface area contributed by atoms with Crippen LogP contribution in [0, 0.1) is 0 Å². The highest BCUT2D eigenvalue weighted by Crippen LogP contribution is 2.27. The Balaban J connectivity index is 2.11. The fourth-order valence-electron chi connectivity index (χ4n) is 2.19. The molecule has 1 aliphatic rings. The Morgan fingerprint density at radius 2 is 2.50 bits per heavy atom. The number of fused-ring (bicyclic) bond motifs is 3. The van der Waals surface area contributed by atoms with Gasteiger partial charge in [0.15, 0.2) is 0 Å². The molecule has 0 fully saturated rings. The van der Waals surface area contributed by atoms with Crippen molar-refractivity contribution >= 4 is 17.2 Å². The molecule has 2 aromatic rings. The summed E-state index contributed by atoms with van der Waals surface area (Å²) >= 11 is 0. The number of carbonyl (C=O) groups is 1. The molecule has 1 aliphatic heterocycles. The molecule has 0 aliphatic carbocycles. The van der Waals surface area contributed by atoms with Gasteiger partial charge in [-0.1, -0.05) is 0 Å². The lowest BCUT2D eigenvalue weighted by Crippen LogP contribution is -2.38. The van der Waals surface area contributed by atoms with Crippen LogP contribution < -0.4 is 11.1 Å². The molecule has 16 heavy (non-hydrogen) atoms. The number of hydrogen-bond acceptors (Lipinski definition) is 3. The number of nitrogens with zero attached hydrogens (tertiary/aromatic N) is 2. The third-order valence-electron chi connectivity index (χ3n) is 3.01. The molecule has 3 rings (SSSR count). The van der Waals surface area contributed by atoms with Gasteiger partial charge in [-0.15, -0.1) is 0 Å². The predicted molar refractivity (Wildman–Crippen MR) is 60.1 cm³/mol. The van der Waals surface area contributed by atoms with E-state index in [2.05, 4.69) is 16.4 Å². The summed E-state index contributed by atoms with van der Waals surface area (Å²) in [6, 6.07) is 1.82. The number of aromatic nitrogens is 2. The summed E-state index contributed by atoms with van der Waals surface area (Å²) in [6.45, 7) is 0. The molecule has 3 N–H and O–H groups in total. The number of primary amides is 1. The van der Waals surface area contributed by atoms with Gasteiger partial charge in [0.05, 0.1) is 11.7 Å². The van der Waals surface area contributed by atoms with E-state index in [4.69, 9.17) is 5.73 Å². The molecule has 5 nitrogen and oxygen atoms in total. The Morgan fingerprint density at radius 3 is 3.31 bits per heavy atom. The van der Waals surface area contributed by atoms with E-state index in [1.54, 1.807) is 12.4 Å². The molecule has 0 bridgehead atoms. The van der Waals surface area contributed by atoms with Crippen LogP contribution in [0.3, 0.4) is 0 Å². The Labute approximate surface area is 92.3 Å². The molecule has 0 radical (unpaired) electrons. The van der Waals surface area contributed by atoms with Gasteiger partial charge in [0.25, 0.3) is 0 Å². The lowest BCUT2D eigenvalue weighted by atomic mass is 10.0. The van der Waals surface area contributed by atoms with E-state index in [1.807, 2.05) is 10.6 Å². The molecular formula is C11H12N4O. The fourth-order valence-corrected chi connectivity index (χ4v) is 2.19. The minimum absolute atomic E-state index is 0.265. The minimum atomic E-state index is -0.297. The van der Waals surface area contributed by atoms with Crippen molar-refractivity contribution in [3.63, 3.8) is 0 Å². The van der Waals surface area contributed by atoms with Crippen LogP contribution >= 0.6 is 0 Å². The van der Waals surface area contributed by atoms with Crippen LogP contribution in [0.5, 0.6) is 0 Å². The van der Waals surface area contributed by atoms with E-state index < -0.39 is 0 Å². The first-order valence-corrected chi connectivity index (χ1v) is 5.25. The Hall–Kier alpha value is -2.04. The van der Waals surface area contributed by atoms with Crippen LogP contribution in [-0.2, 0) is 11.2 Å². The summed E-state index contributed by atoms with van der Waals surface area (Å²) < 4.78 is 2.00. The van der Waals surface area contributed by atoms with Crippen LogP contribution in [0.2, 0.25) is 0 Å². The summed E-state index contributed by atoms with van der Waals surface area (Å²) in [7, 11) is 0. The highest BCUT2D eigenvalue weighted by Gasteiger charge is 2.24. The van der Waals surface area contributed by atoms with Crippen LogP contribution in [0.1, 0.15) is 12.0 Å². The first-order chi connectivity index (χ1) is 7.75. The molecule has 1 unspecified atom stereocenters. The third kappa shape index (κ3) is 1.25. The molecule has 0 saturated carbocycles. The SMILES string of the molecule is NC(=O)C1CCc2cc3cnccn3c2N1. The molecule has 3 heterocycles. The zero-order chi connectivity index (χ0) is 11.1. The van der Waals surface area contributed by atoms with Gasteiger partial charge in [-0.3, -0.25) is 9.78 Å². The summed E-state index contributed by atoms with van der Waals surface area (Å²) in [5, 5.41) is 3.18. The van der Waals surface area contributed by atoms with E-state index >= 15 is 0 Å². The van der Waals surface area contributed by atoms with Crippen molar-refractivity contribution in [3.8, 4) is 0 Å². The second kappa shape index (κ2) is 3.23. The maximum atomic E-state index is 11.2. The summed E-state index contributed by atoms with van der Waals surface area (Å²) in [5.41, 5.74) is 7.56. The zero-order valence-electron chi connectivity index (χ0n) is 8.68. The smallest absolute Gasteiger partial charge is 0.239 e. The lowest BCUT2D eigenvalue weighted by Gasteiger charge is -2.22. The van der Waals surface area contributed by atoms with Gasteiger partial charge < -0.3 is 15.5 Å². The second-order valence-electron chi connectivity index (χ2n) is 4.03. The molecule has 1 amide bonds. The van der Waals surface area contributed by atoms with Gasteiger partial charge in [-0.05, 0) is 24.5 Å². The Morgan fingerprint density at radius 1 is 1.62 bits per heavy atom.